The second-order valence-corrected chi connectivity index (χ2v) is 5.66. The molecular weight excluding hydrogens is 246 g/mol. The molecule has 0 spiro atoms. The van der Waals surface area contributed by atoms with E-state index in [1.54, 1.807) is 4.90 Å². The highest BCUT2D eigenvalue weighted by atomic mass is 35.5. The van der Waals surface area contributed by atoms with Gasteiger partial charge < -0.3 is 9.64 Å². The molecule has 3 heteroatoms. The van der Waals surface area contributed by atoms with Gasteiger partial charge in [0, 0.05) is 5.02 Å². The number of quaternary nitrogens is 1. The third-order valence-corrected chi connectivity index (χ3v) is 4.29. The zero-order valence-electron chi connectivity index (χ0n) is 11.4. The molecule has 100 valence electrons. The zero-order valence-corrected chi connectivity index (χ0v) is 12.1. The summed E-state index contributed by atoms with van der Waals surface area (Å²) in [7, 11) is 0. The molecule has 1 fully saturated rings. The summed E-state index contributed by atoms with van der Waals surface area (Å²) in [4.78, 5) is 1.68. The van der Waals surface area contributed by atoms with Crippen molar-refractivity contribution in [3.8, 4) is 5.75 Å². The van der Waals surface area contributed by atoms with Gasteiger partial charge >= 0.3 is 0 Å². The maximum atomic E-state index is 6.15. The van der Waals surface area contributed by atoms with Gasteiger partial charge in [-0.1, -0.05) is 11.6 Å². The van der Waals surface area contributed by atoms with Gasteiger partial charge in [0.15, 0.2) is 0 Å². The second-order valence-electron chi connectivity index (χ2n) is 5.28. The number of hydrogen-bond acceptors (Lipinski definition) is 1. The number of hydrogen-bond donors (Lipinski definition) is 1. The molecule has 1 N–H and O–H groups in total. The van der Waals surface area contributed by atoms with Gasteiger partial charge in [0.2, 0.25) is 0 Å². The smallest absolute Gasteiger partial charge is 0.137 e. The number of ether oxygens (including phenoxy) is 1. The highest BCUT2D eigenvalue weighted by Crippen LogP contribution is 2.25. The van der Waals surface area contributed by atoms with Crippen molar-refractivity contribution in [1.29, 1.82) is 0 Å². The topological polar surface area (TPSA) is 13.7 Å². The van der Waals surface area contributed by atoms with E-state index in [1.807, 2.05) is 26.0 Å². The maximum absolute atomic E-state index is 6.15. The van der Waals surface area contributed by atoms with E-state index in [1.165, 1.54) is 32.4 Å². The van der Waals surface area contributed by atoms with Crippen molar-refractivity contribution >= 4 is 11.6 Å². The van der Waals surface area contributed by atoms with Crippen molar-refractivity contribution in [3.05, 3.63) is 28.3 Å². The number of aryl methyl sites for hydroxylation is 2. The van der Waals surface area contributed by atoms with E-state index in [-0.39, 0.29) is 0 Å². The molecule has 1 aromatic carbocycles. The van der Waals surface area contributed by atoms with Gasteiger partial charge in [-0.05, 0) is 56.4 Å². The molecular formula is C15H23ClNO+. The normalized spacial score (nSPS) is 16.8. The molecule has 2 rings (SSSR count). The Hall–Kier alpha value is -0.730. The zero-order chi connectivity index (χ0) is 13.0. The Morgan fingerprint density at radius 1 is 1.11 bits per heavy atom. The molecule has 0 bridgehead atoms. The Bertz CT molecular complexity index is 376. The first kappa shape index (κ1) is 13.7. The first-order chi connectivity index (χ1) is 8.66. The predicted molar refractivity (Wildman–Crippen MR) is 75.8 cm³/mol. The van der Waals surface area contributed by atoms with Gasteiger partial charge in [-0.3, -0.25) is 0 Å². The minimum absolute atomic E-state index is 0.801. The molecule has 0 unspecified atom stereocenters. The molecule has 18 heavy (non-hydrogen) atoms. The molecule has 1 saturated heterocycles. The largest absolute Gasteiger partial charge is 0.488 e. The summed E-state index contributed by atoms with van der Waals surface area (Å²) >= 11 is 6.15. The van der Waals surface area contributed by atoms with Crippen LogP contribution in [0.2, 0.25) is 5.02 Å². The third-order valence-electron chi connectivity index (χ3n) is 3.69. The lowest BCUT2D eigenvalue weighted by Crippen LogP contribution is -3.13. The molecule has 0 aromatic heterocycles. The van der Waals surface area contributed by atoms with Gasteiger partial charge in [-0.25, -0.2) is 0 Å². The Balaban J connectivity index is 1.82. The summed E-state index contributed by atoms with van der Waals surface area (Å²) in [5.41, 5.74) is 2.19. The van der Waals surface area contributed by atoms with Crippen molar-refractivity contribution in [3.63, 3.8) is 0 Å². The lowest BCUT2D eigenvalue weighted by atomic mass is 10.1. The van der Waals surface area contributed by atoms with Crippen LogP contribution in [0.5, 0.6) is 5.75 Å². The van der Waals surface area contributed by atoms with Crippen molar-refractivity contribution in [2.45, 2.75) is 33.1 Å². The Morgan fingerprint density at radius 3 is 2.33 bits per heavy atom. The average molecular weight is 269 g/mol. The minimum atomic E-state index is 0.801. The molecule has 1 aliphatic rings. The van der Waals surface area contributed by atoms with E-state index in [0.29, 0.717) is 0 Å². The Labute approximate surface area is 115 Å². The van der Waals surface area contributed by atoms with Crippen LogP contribution in [0.25, 0.3) is 0 Å². The summed E-state index contributed by atoms with van der Waals surface area (Å²) in [5.74, 6) is 0.950. The monoisotopic (exact) mass is 268 g/mol. The van der Waals surface area contributed by atoms with Gasteiger partial charge in [0.25, 0.3) is 0 Å². The lowest BCUT2D eigenvalue weighted by Gasteiger charge is -2.23. The Morgan fingerprint density at radius 2 is 1.72 bits per heavy atom. The fourth-order valence-electron chi connectivity index (χ4n) is 2.60. The summed E-state index contributed by atoms with van der Waals surface area (Å²) in [6, 6.07) is 4.06. The number of likely N-dealkylation sites (tertiary alicyclic amines) is 1. The number of halogens is 1. The standard InChI is InChI=1S/C15H22ClNO/c1-12-10-14(11-13(2)15(12)16)18-9-8-17-6-4-3-5-7-17/h10-11H,3-9H2,1-2H3/p+1. The van der Waals surface area contributed by atoms with Gasteiger partial charge in [0.1, 0.15) is 18.9 Å². The Kier molecular flexibility index (Phi) is 4.90. The van der Waals surface area contributed by atoms with Crippen molar-refractivity contribution in [1.82, 2.24) is 0 Å². The fraction of sp³-hybridized carbons (Fsp3) is 0.600. The summed E-state index contributed by atoms with van der Waals surface area (Å²) in [6.07, 6.45) is 4.14. The van der Waals surface area contributed by atoms with Gasteiger partial charge in [-0.2, -0.15) is 0 Å². The quantitative estimate of drug-likeness (QED) is 0.885. The van der Waals surface area contributed by atoms with E-state index < -0.39 is 0 Å². The van der Waals surface area contributed by atoms with Crippen LogP contribution in [0, 0.1) is 13.8 Å². The van der Waals surface area contributed by atoms with Crippen LogP contribution in [0.4, 0.5) is 0 Å². The van der Waals surface area contributed by atoms with E-state index >= 15 is 0 Å². The summed E-state index contributed by atoms with van der Waals surface area (Å²) in [5, 5.41) is 0.851. The third kappa shape index (κ3) is 3.63. The number of benzene rings is 1. The number of piperidine rings is 1. The van der Waals surface area contributed by atoms with E-state index in [4.69, 9.17) is 16.3 Å². The van der Waals surface area contributed by atoms with Crippen LogP contribution < -0.4 is 9.64 Å². The summed E-state index contributed by atoms with van der Waals surface area (Å²) in [6.45, 7) is 8.58. The van der Waals surface area contributed by atoms with Crippen LogP contribution in [0.1, 0.15) is 30.4 Å². The molecule has 0 saturated carbocycles. The van der Waals surface area contributed by atoms with Crippen LogP contribution in [-0.4, -0.2) is 26.2 Å². The first-order valence-electron chi connectivity index (χ1n) is 6.90. The van der Waals surface area contributed by atoms with Crippen LogP contribution in [0.3, 0.4) is 0 Å². The van der Waals surface area contributed by atoms with E-state index in [9.17, 15) is 0 Å². The molecule has 1 aromatic rings. The maximum Gasteiger partial charge on any atom is 0.137 e. The average Bonchev–Trinajstić information content (AvgIpc) is 2.37. The highest BCUT2D eigenvalue weighted by Gasteiger charge is 2.13. The van der Waals surface area contributed by atoms with Crippen LogP contribution in [-0.2, 0) is 0 Å². The fourth-order valence-corrected chi connectivity index (χ4v) is 2.71. The molecule has 1 heterocycles. The molecule has 0 radical (unpaired) electrons. The molecule has 0 aliphatic carbocycles. The first-order valence-corrected chi connectivity index (χ1v) is 7.28. The van der Waals surface area contributed by atoms with E-state index in [0.717, 1.165) is 35.1 Å². The number of rotatable bonds is 4. The predicted octanol–water partition coefficient (Wildman–Crippen LogP) is 2.40. The SMILES string of the molecule is Cc1cc(OCC[NH+]2CCCCC2)cc(C)c1Cl. The summed E-state index contributed by atoms with van der Waals surface area (Å²) < 4.78 is 5.85. The van der Waals surface area contributed by atoms with Gasteiger partial charge in [0.05, 0.1) is 13.1 Å². The minimum Gasteiger partial charge on any atom is -0.488 e. The van der Waals surface area contributed by atoms with E-state index in [2.05, 4.69) is 0 Å². The van der Waals surface area contributed by atoms with Crippen LogP contribution >= 0.6 is 11.6 Å². The van der Waals surface area contributed by atoms with Crippen molar-refractivity contribution in [2.75, 3.05) is 26.2 Å². The van der Waals surface area contributed by atoms with Gasteiger partial charge in [-0.15, -0.1) is 0 Å². The molecule has 1 aliphatic heterocycles. The molecule has 0 amide bonds. The molecule has 2 nitrogen and oxygen atoms in total. The highest BCUT2D eigenvalue weighted by molar-refractivity contribution is 6.32. The lowest BCUT2D eigenvalue weighted by molar-refractivity contribution is -0.904. The number of nitrogens with one attached hydrogen (secondary N) is 1. The second kappa shape index (κ2) is 6.44. The van der Waals surface area contributed by atoms with Crippen molar-refractivity contribution < 1.29 is 9.64 Å². The van der Waals surface area contributed by atoms with Crippen molar-refractivity contribution in [2.24, 2.45) is 0 Å². The van der Waals surface area contributed by atoms with Crippen LogP contribution in [0.15, 0.2) is 12.1 Å². The molecule has 0 atom stereocenters.